The number of carbonyl (C=O) groups is 1. The molecule has 1 fully saturated rings. The quantitative estimate of drug-likeness (QED) is 0.856. The van der Waals surface area contributed by atoms with E-state index >= 15 is 0 Å². The van der Waals surface area contributed by atoms with E-state index < -0.39 is 0 Å². The SMILES string of the molecule is C[C@H]1C[C@@H](C(=O)N2CCc3ccc(Cl)cc32)CCN1. The van der Waals surface area contributed by atoms with Crippen LogP contribution in [0.15, 0.2) is 18.2 Å². The number of piperidine rings is 1. The Bertz CT molecular complexity index is 503. The Kier molecular flexibility index (Phi) is 3.50. The van der Waals surface area contributed by atoms with Gasteiger partial charge in [0.1, 0.15) is 0 Å². The molecule has 0 saturated carbocycles. The van der Waals surface area contributed by atoms with E-state index in [0.717, 1.165) is 38.0 Å². The highest BCUT2D eigenvalue weighted by Crippen LogP contribution is 2.33. The highest BCUT2D eigenvalue weighted by Gasteiger charge is 2.32. The molecule has 0 radical (unpaired) electrons. The van der Waals surface area contributed by atoms with Gasteiger partial charge in [-0.15, -0.1) is 0 Å². The number of nitrogens with one attached hydrogen (secondary N) is 1. The predicted octanol–water partition coefficient (Wildman–Crippen LogP) is 2.62. The molecule has 1 saturated heterocycles. The Hall–Kier alpha value is -1.06. The zero-order chi connectivity index (χ0) is 13.4. The number of amides is 1. The minimum atomic E-state index is 0.154. The van der Waals surface area contributed by atoms with Gasteiger partial charge in [0, 0.05) is 29.2 Å². The molecule has 3 rings (SSSR count). The zero-order valence-electron chi connectivity index (χ0n) is 11.2. The van der Waals surface area contributed by atoms with Crippen molar-refractivity contribution in [1.82, 2.24) is 5.32 Å². The van der Waals surface area contributed by atoms with Crippen LogP contribution in [0.2, 0.25) is 5.02 Å². The lowest BCUT2D eigenvalue weighted by Crippen LogP contribution is -2.43. The van der Waals surface area contributed by atoms with E-state index in [9.17, 15) is 4.79 Å². The van der Waals surface area contributed by atoms with Crippen molar-refractivity contribution < 1.29 is 4.79 Å². The van der Waals surface area contributed by atoms with Gasteiger partial charge in [0.05, 0.1) is 0 Å². The zero-order valence-corrected chi connectivity index (χ0v) is 11.9. The molecule has 4 heteroatoms. The first-order chi connectivity index (χ1) is 9.15. The molecule has 19 heavy (non-hydrogen) atoms. The molecule has 1 aromatic rings. The van der Waals surface area contributed by atoms with Crippen LogP contribution in [-0.4, -0.2) is 25.0 Å². The monoisotopic (exact) mass is 278 g/mol. The summed E-state index contributed by atoms with van der Waals surface area (Å²) in [5.74, 6) is 0.426. The largest absolute Gasteiger partial charge is 0.314 e. The van der Waals surface area contributed by atoms with E-state index in [4.69, 9.17) is 11.6 Å². The van der Waals surface area contributed by atoms with Gasteiger partial charge in [-0.3, -0.25) is 4.79 Å². The van der Waals surface area contributed by atoms with E-state index in [1.54, 1.807) is 0 Å². The van der Waals surface area contributed by atoms with Gasteiger partial charge in [-0.05, 0) is 50.4 Å². The average Bonchev–Trinajstić information content (AvgIpc) is 2.80. The lowest BCUT2D eigenvalue weighted by atomic mass is 9.92. The van der Waals surface area contributed by atoms with E-state index in [0.29, 0.717) is 11.1 Å². The molecule has 0 unspecified atom stereocenters. The molecule has 0 bridgehead atoms. The highest BCUT2D eigenvalue weighted by atomic mass is 35.5. The molecule has 0 spiro atoms. The Morgan fingerprint density at radius 2 is 2.32 bits per heavy atom. The van der Waals surface area contributed by atoms with Crippen LogP contribution in [0.5, 0.6) is 0 Å². The number of rotatable bonds is 1. The minimum absolute atomic E-state index is 0.154. The first kappa shape index (κ1) is 12.9. The van der Waals surface area contributed by atoms with Gasteiger partial charge >= 0.3 is 0 Å². The Labute approximate surface area is 118 Å². The lowest BCUT2D eigenvalue weighted by molar-refractivity contribution is -0.123. The number of benzene rings is 1. The number of nitrogens with zero attached hydrogens (tertiary/aromatic N) is 1. The van der Waals surface area contributed by atoms with Gasteiger partial charge in [-0.1, -0.05) is 17.7 Å². The highest BCUT2D eigenvalue weighted by molar-refractivity contribution is 6.31. The minimum Gasteiger partial charge on any atom is -0.314 e. The normalized spacial score (nSPS) is 26.3. The van der Waals surface area contributed by atoms with E-state index in [1.165, 1.54) is 5.56 Å². The maximum atomic E-state index is 12.7. The molecule has 0 aromatic heterocycles. The third-order valence-corrected chi connectivity index (χ3v) is 4.42. The van der Waals surface area contributed by atoms with Gasteiger partial charge in [0.15, 0.2) is 0 Å². The molecular formula is C15H19ClN2O. The second kappa shape index (κ2) is 5.14. The van der Waals surface area contributed by atoms with Crippen LogP contribution in [0.4, 0.5) is 5.69 Å². The van der Waals surface area contributed by atoms with Crippen LogP contribution < -0.4 is 10.2 Å². The van der Waals surface area contributed by atoms with Crippen LogP contribution >= 0.6 is 11.6 Å². The second-order valence-corrected chi connectivity index (χ2v) is 6.03. The molecule has 3 nitrogen and oxygen atoms in total. The molecule has 1 amide bonds. The van der Waals surface area contributed by atoms with Crippen molar-refractivity contribution in [2.24, 2.45) is 5.92 Å². The van der Waals surface area contributed by atoms with Gasteiger partial charge in [0.25, 0.3) is 0 Å². The number of anilines is 1. The third kappa shape index (κ3) is 2.49. The van der Waals surface area contributed by atoms with E-state index in [2.05, 4.69) is 12.2 Å². The van der Waals surface area contributed by atoms with Crippen LogP contribution in [0.3, 0.4) is 0 Å². The fraction of sp³-hybridized carbons (Fsp3) is 0.533. The molecule has 2 atom stereocenters. The fourth-order valence-corrected chi connectivity index (χ4v) is 3.32. The molecular weight excluding hydrogens is 260 g/mol. The summed E-state index contributed by atoms with van der Waals surface area (Å²) in [7, 11) is 0. The molecule has 2 aliphatic rings. The molecule has 1 aromatic carbocycles. The topological polar surface area (TPSA) is 32.3 Å². The molecule has 2 aliphatic heterocycles. The average molecular weight is 279 g/mol. The summed E-state index contributed by atoms with van der Waals surface area (Å²) < 4.78 is 0. The summed E-state index contributed by atoms with van der Waals surface area (Å²) in [5.41, 5.74) is 2.25. The lowest BCUT2D eigenvalue weighted by Gasteiger charge is -2.30. The van der Waals surface area contributed by atoms with Crippen molar-refractivity contribution in [2.75, 3.05) is 18.0 Å². The molecule has 1 N–H and O–H groups in total. The maximum absolute atomic E-state index is 12.7. The molecule has 102 valence electrons. The van der Waals surface area contributed by atoms with Gasteiger partial charge in [-0.25, -0.2) is 0 Å². The van der Waals surface area contributed by atoms with Crippen molar-refractivity contribution >= 4 is 23.2 Å². The number of hydrogen-bond acceptors (Lipinski definition) is 2. The van der Waals surface area contributed by atoms with Crippen molar-refractivity contribution in [3.05, 3.63) is 28.8 Å². The summed E-state index contributed by atoms with van der Waals surface area (Å²) in [6.45, 7) is 3.88. The molecule has 2 heterocycles. The number of halogens is 1. The van der Waals surface area contributed by atoms with Crippen molar-refractivity contribution in [3.8, 4) is 0 Å². The van der Waals surface area contributed by atoms with Crippen LogP contribution in [0, 0.1) is 5.92 Å². The Morgan fingerprint density at radius 1 is 1.47 bits per heavy atom. The first-order valence-corrected chi connectivity index (χ1v) is 7.36. The first-order valence-electron chi connectivity index (χ1n) is 6.98. The summed E-state index contributed by atoms with van der Waals surface area (Å²) >= 11 is 6.05. The maximum Gasteiger partial charge on any atom is 0.230 e. The van der Waals surface area contributed by atoms with Crippen molar-refractivity contribution in [2.45, 2.75) is 32.2 Å². The standard InChI is InChI=1S/C15H19ClN2O/c1-10-8-12(4-6-17-10)15(19)18-7-5-11-2-3-13(16)9-14(11)18/h2-3,9-10,12,17H,4-8H2,1H3/t10-,12-/m0/s1. The van der Waals surface area contributed by atoms with E-state index in [-0.39, 0.29) is 11.8 Å². The van der Waals surface area contributed by atoms with Crippen LogP contribution in [-0.2, 0) is 11.2 Å². The van der Waals surface area contributed by atoms with E-state index in [1.807, 2.05) is 23.1 Å². The fourth-order valence-electron chi connectivity index (χ4n) is 3.16. The second-order valence-electron chi connectivity index (χ2n) is 5.59. The third-order valence-electron chi connectivity index (χ3n) is 4.18. The van der Waals surface area contributed by atoms with Gasteiger partial charge in [-0.2, -0.15) is 0 Å². The van der Waals surface area contributed by atoms with Gasteiger partial charge in [0.2, 0.25) is 5.91 Å². The Morgan fingerprint density at radius 3 is 3.11 bits per heavy atom. The summed E-state index contributed by atoms with van der Waals surface area (Å²) in [5, 5.41) is 4.10. The van der Waals surface area contributed by atoms with Gasteiger partial charge < -0.3 is 10.2 Å². The van der Waals surface area contributed by atoms with Crippen LogP contribution in [0.1, 0.15) is 25.3 Å². The Balaban J connectivity index is 1.81. The van der Waals surface area contributed by atoms with Crippen molar-refractivity contribution in [1.29, 1.82) is 0 Å². The summed E-state index contributed by atoms with van der Waals surface area (Å²) in [6, 6.07) is 6.30. The number of hydrogen-bond donors (Lipinski definition) is 1. The van der Waals surface area contributed by atoms with Crippen molar-refractivity contribution in [3.63, 3.8) is 0 Å². The summed E-state index contributed by atoms with van der Waals surface area (Å²) in [4.78, 5) is 14.6. The molecule has 0 aliphatic carbocycles. The smallest absolute Gasteiger partial charge is 0.230 e. The predicted molar refractivity (Wildman–Crippen MR) is 77.7 cm³/mol. The number of carbonyl (C=O) groups excluding carboxylic acids is 1. The number of fused-ring (bicyclic) bond motifs is 1. The summed E-state index contributed by atoms with van der Waals surface area (Å²) in [6.07, 6.45) is 2.82. The van der Waals surface area contributed by atoms with Crippen LogP contribution in [0.25, 0.3) is 0 Å².